The Bertz CT molecular complexity index is 866. The van der Waals surface area contributed by atoms with Crippen LogP contribution in [-0.2, 0) is 0 Å². The predicted octanol–water partition coefficient (Wildman–Crippen LogP) is 0.778. The van der Waals surface area contributed by atoms with Crippen LogP contribution < -0.4 is 15.5 Å². The number of anilines is 2. The number of primary amides is 1. The molecule has 0 saturated carbocycles. The van der Waals surface area contributed by atoms with Gasteiger partial charge in [-0.2, -0.15) is 5.10 Å². The van der Waals surface area contributed by atoms with E-state index >= 15 is 0 Å². The second kappa shape index (κ2) is 5.80. The normalized spacial score (nSPS) is 15.0. The molecule has 2 aromatic heterocycles. The van der Waals surface area contributed by atoms with Gasteiger partial charge in [0, 0.05) is 37.4 Å². The fourth-order valence-corrected chi connectivity index (χ4v) is 3.02. The van der Waals surface area contributed by atoms with Crippen LogP contribution in [-0.4, -0.2) is 52.3 Å². The maximum absolute atomic E-state index is 11.2. The molecule has 1 saturated heterocycles. The van der Waals surface area contributed by atoms with Crippen molar-refractivity contribution in [3.63, 3.8) is 0 Å². The van der Waals surface area contributed by atoms with Crippen LogP contribution >= 0.6 is 0 Å². The van der Waals surface area contributed by atoms with Crippen molar-refractivity contribution in [3.05, 3.63) is 42.4 Å². The standard InChI is InChI=1S/C16H17N7O/c17-14(24)11-1-3-12(4-2-11)22-5-7-23(8-6-22)16-13-9-20-21-15(13)18-10-19-16/h1-4,9-10H,5-8H2,(H2,17,24)(H,18,19,20,21). The number of nitrogens with one attached hydrogen (secondary N) is 1. The molecule has 4 rings (SSSR count). The molecule has 0 spiro atoms. The molecule has 24 heavy (non-hydrogen) atoms. The number of nitrogens with two attached hydrogens (primary N) is 1. The van der Waals surface area contributed by atoms with E-state index in [9.17, 15) is 4.79 Å². The highest BCUT2D eigenvalue weighted by atomic mass is 16.1. The first-order valence-electron chi connectivity index (χ1n) is 7.76. The fourth-order valence-electron chi connectivity index (χ4n) is 3.02. The molecule has 0 radical (unpaired) electrons. The van der Waals surface area contributed by atoms with Gasteiger partial charge >= 0.3 is 0 Å². The summed E-state index contributed by atoms with van der Waals surface area (Å²) in [4.78, 5) is 24.3. The molecule has 1 aromatic carbocycles. The summed E-state index contributed by atoms with van der Waals surface area (Å²) in [6, 6.07) is 7.41. The van der Waals surface area contributed by atoms with E-state index in [4.69, 9.17) is 5.73 Å². The van der Waals surface area contributed by atoms with Crippen LogP contribution in [0.25, 0.3) is 11.0 Å². The number of hydrogen-bond donors (Lipinski definition) is 2. The number of aromatic nitrogens is 4. The summed E-state index contributed by atoms with van der Waals surface area (Å²) >= 11 is 0. The van der Waals surface area contributed by atoms with Gasteiger partial charge in [-0.1, -0.05) is 0 Å². The first kappa shape index (κ1) is 14.4. The van der Waals surface area contributed by atoms with E-state index in [1.807, 2.05) is 12.1 Å². The summed E-state index contributed by atoms with van der Waals surface area (Å²) in [5.74, 6) is 0.511. The molecule has 1 fully saturated rings. The number of carbonyl (C=O) groups is 1. The summed E-state index contributed by atoms with van der Waals surface area (Å²) in [6.07, 6.45) is 3.32. The van der Waals surface area contributed by atoms with Gasteiger partial charge in [0.05, 0.1) is 11.6 Å². The Labute approximate surface area is 138 Å². The van der Waals surface area contributed by atoms with Crippen LogP contribution in [0.15, 0.2) is 36.8 Å². The zero-order chi connectivity index (χ0) is 16.5. The minimum Gasteiger partial charge on any atom is -0.368 e. The van der Waals surface area contributed by atoms with Crippen LogP contribution in [0.5, 0.6) is 0 Å². The first-order chi connectivity index (χ1) is 11.7. The van der Waals surface area contributed by atoms with Gasteiger partial charge in [-0.15, -0.1) is 0 Å². The molecule has 0 unspecified atom stereocenters. The highest BCUT2D eigenvalue weighted by Gasteiger charge is 2.20. The monoisotopic (exact) mass is 323 g/mol. The maximum Gasteiger partial charge on any atom is 0.248 e. The third kappa shape index (κ3) is 2.51. The SMILES string of the molecule is NC(=O)c1ccc(N2CCN(c3ncnc4[nH]ncc34)CC2)cc1. The number of piperazine rings is 1. The second-order valence-electron chi connectivity index (χ2n) is 5.71. The summed E-state index contributed by atoms with van der Waals surface area (Å²) in [5.41, 5.74) is 7.66. The smallest absolute Gasteiger partial charge is 0.248 e. The predicted molar refractivity (Wildman–Crippen MR) is 91.1 cm³/mol. The van der Waals surface area contributed by atoms with Crippen LogP contribution in [0.2, 0.25) is 0 Å². The number of rotatable bonds is 3. The minimum absolute atomic E-state index is 0.403. The van der Waals surface area contributed by atoms with Crippen molar-refractivity contribution in [1.82, 2.24) is 20.2 Å². The van der Waals surface area contributed by atoms with Crippen molar-refractivity contribution in [2.45, 2.75) is 0 Å². The summed E-state index contributed by atoms with van der Waals surface area (Å²) < 4.78 is 0. The molecule has 3 aromatic rings. The average Bonchev–Trinajstić information content (AvgIpc) is 3.11. The van der Waals surface area contributed by atoms with Gasteiger partial charge in [0.15, 0.2) is 5.65 Å². The van der Waals surface area contributed by atoms with Gasteiger partial charge in [-0.05, 0) is 24.3 Å². The topological polar surface area (TPSA) is 104 Å². The molecule has 8 nitrogen and oxygen atoms in total. The zero-order valence-corrected chi connectivity index (χ0v) is 13.0. The number of fused-ring (bicyclic) bond motifs is 1. The van der Waals surface area contributed by atoms with Crippen molar-refractivity contribution < 1.29 is 4.79 Å². The van der Waals surface area contributed by atoms with Gasteiger partial charge in [-0.25, -0.2) is 9.97 Å². The van der Waals surface area contributed by atoms with Crippen molar-refractivity contribution in [2.75, 3.05) is 36.0 Å². The van der Waals surface area contributed by atoms with E-state index in [0.29, 0.717) is 5.56 Å². The molecule has 3 heterocycles. The molecular weight excluding hydrogens is 306 g/mol. The van der Waals surface area contributed by atoms with Gasteiger partial charge in [0.1, 0.15) is 12.1 Å². The number of carbonyl (C=O) groups excluding carboxylic acids is 1. The number of aromatic amines is 1. The lowest BCUT2D eigenvalue weighted by molar-refractivity contribution is 0.100. The van der Waals surface area contributed by atoms with Crippen molar-refractivity contribution in [3.8, 4) is 0 Å². The van der Waals surface area contributed by atoms with Crippen LogP contribution in [0.4, 0.5) is 11.5 Å². The quantitative estimate of drug-likeness (QED) is 0.738. The Balaban J connectivity index is 1.48. The van der Waals surface area contributed by atoms with Crippen molar-refractivity contribution >= 4 is 28.4 Å². The van der Waals surface area contributed by atoms with E-state index in [2.05, 4.69) is 30.0 Å². The van der Waals surface area contributed by atoms with Gasteiger partial charge < -0.3 is 15.5 Å². The van der Waals surface area contributed by atoms with Crippen molar-refractivity contribution in [1.29, 1.82) is 0 Å². The van der Waals surface area contributed by atoms with Crippen LogP contribution in [0.1, 0.15) is 10.4 Å². The molecular formula is C16H17N7O. The molecule has 0 bridgehead atoms. The van der Waals surface area contributed by atoms with E-state index in [-0.39, 0.29) is 0 Å². The lowest BCUT2D eigenvalue weighted by Gasteiger charge is -2.36. The first-order valence-corrected chi connectivity index (χ1v) is 7.76. The molecule has 1 aliphatic rings. The number of hydrogen-bond acceptors (Lipinski definition) is 6. The van der Waals surface area contributed by atoms with Crippen molar-refractivity contribution in [2.24, 2.45) is 5.73 Å². The lowest BCUT2D eigenvalue weighted by Crippen LogP contribution is -2.46. The zero-order valence-electron chi connectivity index (χ0n) is 13.0. The largest absolute Gasteiger partial charge is 0.368 e. The highest BCUT2D eigenvalue weighted by molar-refractivity contribution is 5.93. The van der Waals surface area contributed by atoms with Gasteiger partial charge in [-0.3, -0.25) is 9.89 Å². The molecule has 0 aliphatic carbocycles. The number of benzene rings is 1. The highest BCUT2D eigenvalue weighted by Crippen LogP contribution is 2.24. The number of H-pyrrole nitrogens is 1. The molecule has 1 aliphatic heterocycles. The Kier molecular flexibility index (Phi) is 3.49. The Hall–Kier alpha value is -3.16. The molecule has 1 amide bonds. The van der Waals surface area contributed by atoms with E-state index in [1.165, 1.54) is 0 Å². The van der Waals surface area contributed by atoms with E-state index in [0.717, 1.165) is 48.7 Å². The number of amides is 1. The summed E-state index contributed by atoms with van der Waals surface area (Å²) in [6.45, 7) is 3.46. The molecule has 0 atom stereocenters. The fraction of sp³-hybridized carbons (Fsp3) is 0.250. The van der Waals surface area contributed by atoms with Gasteiger partial charge in [0.2, 0.25) is 5.91 Å². The Morgan fingerprint density at radius 2 is 1.75 bits per heavy atom. The van der Waals surface area contributed by atoms with Crippen LogP contribution in [0.3, 0.4) is 0 Å². The third-order valence-electron chi connectivity index (χ3n) is 4.32. The second-order valence-corrected chi connectivity index (χ2v) is 5.71. The lowest BCUT2D eigenvalue weighted by atomic mass is 10.1. The van der Waals surface area contributed by atoms with Crippen LogP contribution in [0, 0.1) is 0 Å². The maximum atomic E-state index is 11.2. The summed E-state index contributed by atoms with van der Waals surface area (Å²) in [7, 11) is 0. The molecule has 8 heteroatoms. The minimum atomic E-state index is -0.403. The number of nitrogens with zero attached hydrogens (tertiary/aromatic N) is 5. The molecule has 3 N–H and O–H groups in total. The Morgan fingerprint density at radius 3 is 2.46 bits per heavy atom. The molecule has 122 valence electrons. The third-order valence-corrected chi connectivity index (χ3v) is 4.32. The van der Waals surface area contributed by atoms with E-state index in [1.54, 1.807) is 24.7 Å². The summed E-state index contributed by atoms with van der Waals surface area (Å²) in [5, 5.41) is 7.85. The van der Waals surface area contributed by atoms with Gasteiger partial charge in [0.25, 0.3) is 0 Å². The van der Waals surface area contributed by atoms with E-state index < -0.39 is 5.91 Å². The average molecular weight is 323 g/mol. The Morgan fingerprint density at radius 1 is 1.04 bits per heavy atom.